The van der Waals surface area contributed by atoms with Crippen molar-refractivity contribution in [3.63, 3.8) is 0 Å². The molecule has 1 N–H and O–H groups in total. The highest BCUT2D eigenvalue weighted by molar-refractivity contribution is 5.99. The SMILES string of the molecule is CC(=O)C1=CC=CCC1C(=O)O. The molecular weight excluding hydrogens is 156 g/mol. The molecule has 3 heteroatoms. The Hall–Kier alpha value is -1.38. The Morgan fingerprint density at radius 2 is 2.25 bits per heavy atom. The number of ketones is 1. The van der Waals surface area contributed by atoms with Crippen molar-refractivity contribution in [2.45, 2.75) is 13.3 Å². The van der Waals surface area contributed by atoms with Crippen molar-refractivity contribution in [1.82, 2.24) is 0 Å². The predicted octanol–water partition coefficient (Wildman–Crippen LogP) is 1.16. The first-order chi connectivity index (χ1) is 5.63. The van der Waals surface area contributed by atoms with Gasteiger partial charge in [-0.3, -0.25) is 9.59 Å². The first kappa shape index (κ1) is 8.71. The van der Waals surface area contributed by atoms with Crippen LogP contribution in [0.2, 0.25) is 0 Å². The summed E-state index contributed by atoms with van der Waals surface area (Å²) in [6, 6.07) is 0. The van der Waals surface area contributed by atoms with E-state index >= 15 is 0 Å². The molecule has 0 fully saturated rings. The van der Waals surface area contributed by atoms with Crippen molar-refractivity contribution in [3.8, 4) is 0 Å². The molecule has 0 aromatic heterocycles. The molecule has 0 amide bonds. The number of hydrogen-bond donors (Lipinski definition) is 1. The van der Waals surface area contributed by atoms with Gasteiger partial charge in [0.25, 0.3) is 0 Å². The maximum Gasteiger partial charge on any atom is 0.311 e. The summed E-state index contributed by atoms with van der Waals surface area (Å²) < 4.78 is 0. The zero-order chi connectivity index (χ0) is 9.14. The van der Waals surface area contributed by atoms with Gasteiger partial charge in [0.1, 0.15) is 0 Å². The van der Waals surface area contributed by atoms with Crippen LogP contribution in [0.3, 0.4) is 0 Å². The first-order valence-corrected chi connectivity index (χ1v) is 3.73. The number of carboxylic acids is 1. The molecule has 1 atom stereocenters. The van der Waals surface area contributed by atoms with Gasteiger partial charge in [-0.25, -0.2) is 0 Å². The minimum Gasteiger partial charge on any atom is -0.481 e. The molecule has 1 aliphatic carbocycles. The highest BCUT2D eigenvalue weighted by Gasteiger charge is 2.24. The number of carbonyl (C=O) groups excluding carboxylic acids is 1. The molecule has 0 heterocycles. The Morgan fingerprint density at radius 1 is 1.58 bits per heavy atom. The van der Waals surface area contributed by atoms with Crippen LogP contribution in [-0.4, -0.2) is 16.9 Å². The molecule has 12 heavy (non-hydrogen) atoms. The number of rotatable bonds is 2. The Balaban J connectivity index is 2.91. The summed E-state index contributed by atoms with van der Waals surface area (Å²) in [5.41, 5.74) is 0.394. The second-order valence-corrected chi connectivity index (χ2v) is 2.73. The summed E-state index contributed by atoms with van der Waals surface area (Å²) in [6.07, 6.45) is 5.47. The van der Waals surface area contributed by atoms with Crippen molar-refractivity contribution < 1.29 is 14.7 Å². The molecule has 0 aliphatic heterocycles. The molecule has 0 aromatic rings. The van der Waals surface area contributed by atoms with Crippen molar-refractivity contribution in [1.29, 1.82) is 0 Å². The number of carbonyl (C=O) groups is 2. The number of carboxylic acid groups (broad SMARTS) is 1. The van der Waals surface area contributed by atoms with Crippen LogP contribution in [0.5, 0.6) is 0 Å². The topological polar surface area (TPSA) is 54.4 Å². The van der Waals surface area contributed by atoms with Crippen LogP contribution in [-0.2, 0) is 9.59 Å². The molecule has 0 bridgehead atoms. The summed E-state index contributed by atoms with van der Waals surface area (Å²) in [5, 5.41) is 8.73. The Bertz CT molecular complexity index is 273. The fourth-order valence-electron chi connectivity index (χ4n) is 1.23. The summed E-state index contributed by atoms with van der Waals surface area (Å²) in [5.74, 6) is -1.74. The third-order valence-electron chi connectivity index (χ3n) is 1.86. The zero-order valence-corrected chi connectivity index (χ0v) is 6.78. The van der Waals surface area contributed by atoms with E-state index in [9.17, 15) is 9.59 Å². The van der Waals surface area contributed by atoms with Gasteiger partial charge in [-0.05, 0) is 13.3 Å². The molecule has 1 aliphatic rings. The van der Waals surface area contributed by atoms with Gasteiger partial charge in [0.05, 0.1) is 5.92 Å². The van der Waals surface area contributed by atoms with Crippen molar-refractivity contribution in [2.24, 2.45) is 5.92 Å². The quantitative estimate of drug-likeness (QED) is 0.669. The molecular formula is C9H10O3. The Labute approximate surface area is 70.4 Å². The summed E-state index contributed by atoms with van der Waals surface area (Å²) in [7, 11) is 0. The first-order valence-electron chi connectivity index (χ1n) is 3.73. The molecule has 64 valence electrons. The van der Waals surface area contributed by atoms with E-state index in [0.29, 0.717) is 12.0 Å². The molecule has 1 rings (SSSR count). The Kier molecular flexibility index (Phi) is 2.43. The van der Waals surface area contributed by atoms with Gasteiger partial charge in [-0.1, -0.05) is 18.2 Å². The predicted molar refractivity (Wildman–Crippen MR) is 43.6 cm³/mol. The molecule has 1 unspecified atom stereocenters. The molecule has 0 saturated heterocycles. The second-order valence-electron chi connectivity index (χ2n) is 2.73. The van der Waals surface area contributed by atoms with E-state index in [1.54, 1.807) is 18.2 Å². The normalized spacial score (nSPS) is 21.8. The van der Waals surface area contributed by atoms with Crippen LogP contribution in [0, 0.1) is 5.92 Å². The van der Waals surface area contributed by atoms with E-state index in [2.05, 4.69) is 0 Å². The van der Waals surface area contributed by atoms with E-state index in [4.69, 9.17) is 5.11 Å². The largest absolute Gasteiger partial charge is 0.481 e. The van der Waals surface area contributed by atoms with Crippen molar-refractivity contribution >= 4 is 11.8 Å². The van der Waals surface area contributed by atoms with Gasteiger partial charge < -0.3 is 5.11 Å². The lowest BCUT2D eigenvalue weighted by Crippen LogP contribution is -2.20. The lowest BCUT2D eigenvalue weighted by Gasteiger charge is -2.14. The second kappa shape index (κ2) is 3.34. The maximum atomic E-state index is 10.9. The fourth-order valence-corrected chi connectivity index (χ4v) is 1.23. The van der Waals surface area contributed by atoms with Gasteiger partial charge in [0.2, 0.25) is 0 Å². The van der Waals surface area contributed by atoms with E-state index < -0.39 is 11.9 Å². The van der Waals surface area contributed by atoms with E-state index in [1.807, 2.05) is 0 Å². The van der Waals surface area contributed by atoms with Crippen molar-refractivity contribution in [3.05, 3.63) is 23.8 Å². The average Bonchev–Trinajstić information content (AvgIpc) is 2.04. The minimum atomic E-state index is -0.930. The molecule has 0 saturated carbocycles. The lowest BCUT2D eigenvalue weighted by molar-refractivity contribution is -0.141. The van der Waals surface area contributed by atoms with Crippen LogP contribution >= 0.6 is 0 Å². The molecule has 0 spiro atoms. The van der Waals surface area contributed by atoms with Crippen LogP contribution < -0.4 is 0 Å². The third kappa shape index (κ3) is 1.61. The van der Waals surface area contributed by atoms with E-state index in [1.165, 1.54) is 6.92 Å². The lowest BCUT2D eigenvalue weighted by atomic mass is 9.89. The summed E-state index contributed by atoms with van der Waals surface area (Å²) in [4.78, 5) is 21.6. The van der Waals surface area contributed by atoms with Crippen LogP contribution in [0.4, 0.5) is 0 Å². The summed E-state index contributed by atoms with van der Waals surface area (Å²) >= 11 is 0. The van der Waals surface area contributed by atoms with Gasteiger partial charge >= 0.3 is 5.97 Å². The standard InChI is InChI=1S/C9H10O3/c1-6(10)7-4-2-3-5-8(7)9(11)12/h2-4,8H,5H2,1H3,(H,11,12). The van der Waals surface area contributed by atoms with E-state index in [0.717, 1.165) is 0 Å². The van der Waals surface area contributed by atoms with Crippen LogP contribution in [0.25, 0.3) is 0 Å². The zero-order valence-electron chi connectivity index (χ0n) is 6.78. The average molecular weight is 166 g/mol. The number of aliphatic carboxylic acids is 1. The number of allylic oxidation sites excluding steroid dienone is 3. The van der Waals surface area contributed by atoms with Crippen LogP contribution in [0.15, 0.2) is 23.8 Å². The summed E-state index contributed by atoms with van der Waals surface area (Å²) in [6.45, 7) is 1.39. The highest BCUT2D eigenvalue weighted by atomic mass is 16.4. The maximum absolute atomic E-state index is 10.9. The smallest absolute Gasteiger partial charge is 0.311 e. The Morgan fingerprint density at radius 3 is 2.67 bits per heavy atom. The highest BCUT2D eigenvalue weighted by Crippen LogP contribution is 2.21. The van der Waals surface area contributed by atoms with Crippen LogP contribution in [0.1, 0.15) is 13.3 Å². The van der Waals surface area contributed by atoms with Gasteiger partial charge in [0, 0.05) is 5.57 Å². The van der Waals surface area contributed by atoms with Gasteiger partial charge in [0.15, 0.2) is 5.78 Å². The number of hydrogen-bond acceptors (Lipinski definition) is 2. The molecule has 0 aromatic carbocycles. The fraction of sp³-hybridized carbons (Fsp3) is 0.333. The number of Topliss-reactive ketones (excluding diaryl/α,β-unsaturated/α-hetero) is 1. The monoisotopic (exact) mass is 166 g/mol. The minimum absolute atomic E-state index is 0.160. The molecule has 3 nitrogen and oxygen atoms in total. The molecule has 0 radical (unpaired) electrons. The third-order valence-corrected chi connectivity index (χ3v) is 1.86. The van der Waals surface area contributed by atoms with Crippen molar-refractivity contribution in [2.75, 3.05) is 0 Å². The van der Waals surface area contributed by atoms with E-state index in [-0.39, 0.29) is 5.78 Å². The van der Waals surface area contributed by atoms with Gasteiger partial charge in [-0.15, -0.1) is 0 Å². The van der Waals surface area contributed by atoms with Gasteiger partial charge in [-0.2, -0.15) is 0 Å².